The molecule has 0 aliphatic heterocycles. The van der Waals surface area contributed by atoms with Gasteiger partial charge in [0.1, 0.15) is 0 Å². The summed E-state index contributed by atoms with van der Waals surface area (Å²) in [4.78, 5) is 0. The molecule has 0 unspecified atom stereocenters. The summed E-state index contributed by atoms with van der Waals surface area (Å²) in [6.07, 6.45) is 0.810. The zero-order valence-corrected chi connectivity index (χ0v) is 15.9. The highest BCUT2D eigenvalue weighted by Gasteiger charge is 2.23. The molecule has 16 heteroatoms. The number of alkyl halides is 1. The Hall–Kier alpha value is 0.937. The summed E-state index contributed by atoms with van der Waals surface area (Å²) >= 11 is 21.9. The lowest BCUT2D eigenvalue weighted by molar-refractivity contribution is 1.08. The molecule has 11 nitrogen and oxygen atoms in total. The Morgan fingerprint density at radius 1 is 0.526 bits per heavy atom. The predicted octanol–water partition coefficient (Wildman–Crippen LogP) is 5.05. The Morgan fingerprint density at radius 3 is 0.789 bits per heavy atom. The van der Waals surface area contributed by atoms with E-state index in [1.54, 1.807) is 0 Å². The van der Waals surface area contributed by atoms with E-state index in [4.69, 9.17) is 44.8 Å². The van der Waals surface area contributed by atoms with Crippen LogP contribution in [0, 0.1) is 0 Å². The lowest BCUT2D eigenvalue weighted by Crippen LogP contribution is -2.07. The van der Waals surface area contributed by atoms with Gasteiger partial charge in [0.2, 0.25) is 0 Å². The molecule has 0 aromatic carbocycles. The van der Waals surface area contributed by atoms with Crippen molar-refractivity contribution >= 4 is 50.8 Å². The molecule has 0 amide bonds. The SMILES string of the molecule is ClCCC[Si](Cl)(Cl)Cl.N.N.N.N.N.N.N.N.N.N.N. The highest BCUT2D eigenvalue weighted by Crippen LogP contribution is 2.26. The van der Waals surface area contributed by atoms with E-state index in [0.717, 1.165) is 6.42 Å². The molecule has 0 radical (unpaired) electrons. The highest BCUT2D eigenvalue weighted by atomic mass is 35.8. The van der Waals surface area contributed by atoms with Crippen molar-refractivity contribution < 1.29 is 0 Å². The molecule has 0 atom stereocenters. The van der Waals surface area contributed by atoms with Crippen LogP contribution in [0.3, 0.4) is 0 Å². The third-order valence-corrected chi connectivity index (χ3v) is 3.48. The number of hydrogen-bond acceptors (Lipinski definition) is 11. The van der Waals surface area contributed by atoms with E-state index in [0.29, 0.717) is 11.9 Å². The van der Waals surface area contributed by atoms with Crippen molar-refractivity contribution in [2.75, 3.05) is 5.88 Å². The largest absolute Gasteiger partial charge is 0.344 e. The standard InChI is InChI=1S/C3H6Cl4Si.11H3N/c4-2-1-3-8(5,6)7;;;;;;;;;;;/h1-3H2;11*1H3. The molecule has 0 rings (SSSR count). The third kappa shape index (κ3) is 154. The molecule has 138 valence electrons. The van der Waals surface area contributed by atoms with Gasteiger partial charge in [0.05, 0.1) is 0 Å². The Balaban J connectivity index is -0.00000000445. The van der Waals surface area contributed by atoms with Gasteiger partial charge in [-0.25, -0.2) is 0 Å². The fourth-order valence-electron chi connectivity index (χ4n) is 0.267. The Kier molecular flexibility index (Phi) is 369. The van der Waals surface area contributed by atoms with Crippen LogP contribution in [-0.4, -0.2) is 11.9 Å². The van der Waals surface area contributed by atoms with E-state index >= 15 is 0 Å². The van der Waals surface area contributed by atoms with E-state index in [2.05, 4.69) is 0 Å². The molecule has 19 heavy (non-hydrogen) atoms. The van der Waals surface area contributed by atoms with Crippen LogP contribution in [0.4, 0.5) is 0 Å². The van der Waals surface area contributed by atoms with E-state index in [1.165, 1.54) is 0 Å². The van der Waals surface area contributed by atoms with Crippen LogP contribution in [0.25, 0.3) is 0 Å². The average molecular weight is 399 g/mol. The molecular weight excluding hydrogens is 360 g/mol. The van der Waals surface area contributed by atoms with Crippen LogP contribution >= 0.6 is 44.8 Å². The molecular formula is C3H39Cl4N11Si. The van der Waals surface area contributed by atoms with Crippen LogP contribution in [0.1, 0.15) is 6.42 Å². The van der Waals surface area contributed by atoms with Crippen LogP contribution in [-0.2, 0) is 0 Å². The Bertz CT molecular complexity index is 77.5. The third-order valence-electron chi connectivity index (χ3n) is 0.594. The number of hydrogen-bond donors (Lipinski definition) is 11. The second-order valence-electron chi connectivity index (χ2n) is 1.41. The van der Waals surface area contributed by atoms with Crippen molar-refractivity contribution in [3.8, 4) is 0 Å². The molecule has 0 aliphatic carbocycles. The molecule has 33 N–H and O–H groups in total. The van der Waals surface area contributed by atoms with Gasteiger partial charge in [-0.2, -0.15) is 0 Å². The lowest BCUT2D eigenvalue weighted by atomic mass is 10.6. The van der Waals surface area contributed by atoms with Gasteiger partial charge >= 0.3 is 6.00 Å². The van der Waals surface area contributed by atoms with Gasteiger partial charge < -0.3 is 67.7 Å². The second kappa shape index (κ2) is 61.7. The van der Waals surface area contributed by atoms with Gasteiger partial charge in [0, 0.05) is 5.88 Å². The fraction of sp³-hybridized carbons (Fsp3) is 1.00. The van der Waals surface area contributed by atoms with E-state index < -0.39 is 6.00 Å². The van der Waals surface area contributed by atoms with E-state index in [-0.39, 0.29) is 67.7 Å². The maximum absolute atomic E-state index is 5.52. The van der Waals surface area contributed by atoms with E-state index in [1.807, 2.05) is 0 Å². The normalized spacial score (nSPS) is 5.05. The monoisotopic (exact) mass is 397 g/mol. The molecule has 0 bridgehead atoms. The maximum Gasteiger partial charge on any atom is 0.341 e. The van der Waals surface area contributed by atoms with Crippen molar-refractivity contribution in [1.82, 2.24) is 67.7 Å². The molecule has 0 saturated carbocycles. The molecule has 0 aromatic heterocycles. The van der Waals surface area contributed by atoms with Crippen molar-refractivity contribution in [3.05, 3.63) is 0 Å². The van der Waals surface area contributed by atoms with Gasteiger partial charge in [-0.1, -0.05) is 0 Å². The summed E-state index contributed by atoms with van der Waals surface area (Å²) in [5.41, 5.74) is 0. The van der Waals surface area contributed by atoms with Gasteiger partial charge in [0.25, 0.3) is 0 Å². The van der Waals surface area contributed by atoms with Crippen molar-refractivity contribution in [2.24, 2.45) is 0 Å². The summed E-state index contributed by atoms with van der Waals surface area (Å²) in [5, 5.41) is 0. The van der Waals surface area contributed by atoms with Crippen LogP contribution in [0.2, 0.25) is 6.04 Å². The first kappa shape index (κ1) is 113. The minimum atomic E-state index is -2.35. The Morgan fingerprint density at radius 2 is 0.737 bits per heavy atom. The summed E-state index contributed by atoms with van der Waals surface area (Å²) in [5.74, 6) is 0.584. The van der Waals surface area contributed by atoms with Gasteiger partial charge in [-0.15, -0.1) is 44.8 Å². The number of halogens is 4. The van der Waals surface area contributed by atoms with E-state index in [9.17, 15) is 0 Å². The second-order valence-corrected chi connectivity index (χ2v) is 11.1. The van der Waals surface area contributed by atoms with Crippen molar-refractivity contribution in [1.29, 1.82) is 0 Å². The quantitative estimate of drug-likeness (QED) is 0.169. The molecule has 0 spiro atoms. The summed E-state index contributed by atoms with van der Waals surface area (Å²) < 4.78 is 0. The Labute approximate surface area is 137 Å². The smallest absolute Gasteiger partial charge is 0.341 e. The molecule has 0 heterocycles. The fourth-order valence-corrected chi connectivity index (χ4v) is 2.41. The van der Waals surface area contributed by atoms with Crippen LogP contribution in [0.15, 0.2) is 0 Å². The topological polar surface area (TPSA) is 385 Å². The lowest BCUT2D eigenvalue weighted by Gasteiger charge is -2.03. The first-order chi connectivity index (χ1) is 3.56. The molecule has 0 aliphatic rings. The van der Waals surface area contributed by atoms with Crippen LogP contribution in [0.5, 0.6) is 0 Å². The molecule has 0 aromatic rings. The average Bonchev–Trinajstić information content (AvgIpc) is 1.59. The van der Waals surface area contributed by atoms with Crippen molar-refractivity contribution in [2.45, 2.75) is 12.5 Å². The van der Waals surface area contributed by atoms with Gasteiger partial charge in [-0.05, 0) is 12.5 Å². The summed E-state index contributed by atoms with van der Waals surface area (Å²) in [6, 6.07) is -1.68. The van der Waals surface area contributed by atoms with Crippen LogP contribution < -0.4 is 67.7 Å². The van der Waals surface area contributed by atoms with Gasteiger partial charge in [0.15, 0.2) is 0 Å². The predicted molar refractivity (Wildman–Crippen MR) is 98.7 cm³/mol. The zero-order valence-electron chi connectivity index (χ0n) is 11.9. The first-order valence-electron chi connectivity index (χ1n) is 2.19. The highest BCUT2D eigenvalue weighted by molar-refractivity contribution is 7.64. The molecule has 0 saturated heterocycles. The zero-order chi connectivity index (χ0) is 6.62. The van der Waals surface area contributed by atoms with Gasteiger partial charge in [-0.3, -0.25) is 0 Å². The maximum atomic E-state index is 5.52. The summed E-state index contributed by atoms with van der Waals surface area (Å²) in [6.45, 7) is 0. The first-order valence-corrected chi connectivity index (χ1v) is 7.96. The molecule has 0 fully saturated rings. The number of rotatable bonds is 3. The minimum Gasteiger partial charge on any atom is -0.344 e. The van der Waals surface area contributed by atoms with Crippen molar-refractivity contribution in [3.63, 3.8) is 0 Å². The minimum absolute atomic E-state index is 0. The summed E-state index contributed by atoms with van der Waals surface area (Å²) in [7, 11) is 0.